The highest BCUT2D eigenvalue weighted by Gasteiger charge is 2.12. The number of hydrogen-bond acceptors (Lipinski definition) is 5. The smallest absolute Gasteiger partial charge is 0.209 e. The molecule has 1 aromatic rings. The zero-order chi connectivity index (χ0) is 12.9. The van der Waals surface area contributed by atoms with Gasteiger partial charge in [0.15, 0.2) is 0 Å². The van der Waals surface area contributed by atoms with Crippen molar-refractivity contribution < 1.29 is 0 Å². The molecule has 0 aliphatic heterocycles. The second-order valence-corrected chi connectivity index (χ2v) is 6.60. The number of nitrogens with zero attached hydrogens (tertiary/aromatic N) is 4. The van der Waals surface area contributed by atoms with Gasteiger partial charge in [-0.05, 0) is 37.6 Å². The van der Waals surface area contributed by atoms with E-state index in [2.05, 4.69) is 55.5 Å². The van der Waals surface area contributed by atoms with Gasteiger partial charge in [0.1, 0.15) is 0 Å². The molecule has 1 N–H and O–H groups in total. The lowest BCUT2D eigenvalue weighted by Crippen LogP contribution is -2.38. The predicted octanol–water partition coefficient (Wildman–Crippen LogP) is 1.95. The van der Waals surface area contributed by atoms with E-state index in [0.717, 1.165) is 24.7 Å². The zero-order valence-electron chi connectivity index (χ0n) is 11.4. The molecule has 0 saturated heterocycles. The molecule has 1 atom stereocenters. The fourth-order valence-corrected chi connectivity index (χ4v) is 2.08. The van der Waals surface area contributed by atoms with Crippen molar-refractivity contribution in [3.8, 4) is 0 Å². The third-order valence-corrected chi connectivity index (χ3v) is 3.60. The summed E-state index contributed by atoms with van der Waals surface area (Å²) in [6, 6.07) is 0. The maximum Gasteiger partial charge on any atom is 0.209 e. The molecule has 0 saturated carbocycles. The highest BCUT2D eigenvalue weighted by atomic mass is 32.2. The van der Waals surface area contributed by atoms with Gasteiger partial charge < -0.3 is 5.32 Å². The Labute approximate surface area is 108 Å². The van der Waals surface area contributed by atoms with Crippen LogP contribution >= 0.6 is 11.8 Å². The fourth-order valence-electron chi connectivity index (χ4n) is 1.22. The molecule has 98 valence electrons. The van der Waals surface area contributed by atoms with E-state index in [1.165, 1.54) is 0 Å². The number of aromatic nitrogens is 4. The number of tetrazole rings is 1. The molecular formula is C11H23N5S. The number of hydrogen-bond donors (Lipinski definition) is 1. The minimum atomic E-state index is 0.137. The summed E-state index contributed by atoms with van der Waals surface area (Å²) in [6.45, 7) is 12.5. The SMILES string of the molecule is CCC(C)Sc1nnnn1CCNC(C)(C)C. The molecule has 0 spiro atoms. The molecule has 0 fully saturated rings. The largest absolute Gasteiger partial charge is 0.310 e. The first-order valence-corrected chi connectivity index (χ1v) is 6.98. The van der Waals surface area contributed by atoms with Crippen LogP contribution in [0.4, 0.5) is 0 Å². The van der Waals surface area contributed by atoms with E-state index in [-0.39, 0.29) is 5.54 Å². The lowest BCUT2D eigenvalue weighted by atomic mass is 10.1. The van der Waals surface area contributed by atoms with Gasteiger partial charge in [0, 0.05) is 17.3 Å². The Bertz CT molecular complexity index is 331. The molecule has 0 radical (unpaired) electrons. The molecule has 0 amide bonds. The number of nitrogens with one attached hydrogen (secondary N) is 1. The highest BCUT2D eigenvalue weighted by molar-refractivity contribution is 7.99. The Kier molecular flexibility index (Phi) is 5.39. The van der Waals surface area contributed by atoms with Gasteiger partial charge >= 0.3 is 0 Å². The summed E-state index contributed by atoms with van der Waals surface area (Å²) in [5.74, 6) is 0. The van der Waals surface area contributed by atoms with Crippen LogP contribution in [0.2, 0.25) is 0 Å². The summed E-state index contributed by atoms with van der Waals surface area (Å²) in [5.41, 5.74) is 0.137. The van der Waals surface area contributed by atoms with Crippen LogP contribution in [0.1, 0.15) is 41.0 Å². The van der Waals surface area contributed by atoms with Gasteiger partial charge in [-0.2, -0.15) is 0 Å². The minimum Gasteiger partial charge on any atom is -0.310 e. The first-order chi connectivity index (χ1) is 7.92. The van der Waals surface area contributed by atoms with Crippen LogP contribution in [0.15, 0.2) is 5.16 Å². The van der Waals surface area contributed by atoms with Crippen molar-refractivity contribution in [2.24, 2.45) is 0 Å². The van der Waals surface area contributed by atoms with Crippen LogP contribution in [0, 0.1) is 0 Å². The van der Waals surface area contributed by atoms with E-state index in [9.17, 15) is 0 Å². The predicted molar refractivity (Wildman–Crippen MR) is 71.2 cm³/mol. The molecule has 0 bridgehead atoms. The topological polar surface area (TPSA) is 55.6 Å². The third kappa shape index (κ3) is 5.50. The van der Waals surface area contributed by atoms with Crippen molar-refractivity contribution in [1.29, 1.82) is 0 Å². The van der Waals surface area contributed by atoms with Crippen LogP contribution in [-0.2, 0) is 6.54 Å². The Morgan fingerprint density at radius 3 is 2.71 bits per heavy atom. The fraction of sp³-hybridized carbons (Fsp3) is 0.909. The maximum absolute atomic E-state index is 4.06. The average Bonchev–Trinajstić information content (AvgIpc) is 2.64. The Morgan fingerprint density at radius 2 is 2.12 bits per heavy atom. The van der Waals surface area contributed by atoms with Crippen LogP contribution in [0.25, 0.3) is 0 Å². The van der Waals surface area contributed by atoms with E-state index >= 15 is 0 Å². The van der Waals surface area contributed by atoms with Crippen LogP contribution in [0.5, 0.6) is 0 Å². The van der Waals surface area contributed by atoms with Crippen molar-refractivity contribution in [2.45, 2.75) is 63.5 Å². The molecule has 5 nitrogen and oxygen atoms in total. The molecule has 6 heteroatoms. The van der Waals surface area contributed by atoms with Crippen LogP contribution in [0.3, 0.4) is 0 Å². The first kappa shape index (κ1) is 14.4. The van der Waals surface area contributed by atoms with Crippen LogP contribution < -0.4 is 5.32 Å². The minimum absolute atomic E-state index is 0.137. The van der Waals surface area contributed by atoms with Gasteiger partial charge in [-0.1, -0.05) is 25.6 Å². The van der Waals surface area contributed by atoms with Gasteiger partial charge in [-0.3, -0.25) is 0 Å². The van der Waals surface area contributed by atoms with Crippen LogP contribution in [-0.4, -0.2) is 37.5 Å². The van der Waals surface area contributed by atoms with Crippen molar-refractivity contribution in [1.82, 2.24) is 25.5 Å². The quantitative estimate of drug-likeness (QED) is 0.789. The van der Waals surface area contributed by atoms with Crippen molar-refractivity contribution in [2.75, 3.05) is 6.54 Å². The second kappa shape index (κ2) is 6.35. The maximum atomic E-state index is 4.06. The molecule has 17 heavy (non-hydrogen) atoms. The van der Waals surface area contributed by atoms with Gasteiger partial charge in [0.2, 0.25) is 5.16 Å². The molecule has 1 rings (SSSR count). The van der Waals surface area contributed by atoms with E-state index in [1.54, 1.807) is 11.8 Å². The summed E-state index contributed by atoms with van der Waals surface area (Å²) < 4.78 is 1.87. The molecule has 1 unspecified atom stereocenters. The summed E-state index contributed by atoms with van der Waals surface area (Å²) in [4.78, 5) is 0. The van der Waals surface area contributed by atoms with Gasteiger partial charge in [-0.15, -0.1) is 5.10 Å². The Morgan fingerprint density at radius 1 is 1.41 bits per heavy atom. The molecule has 0 aliphatic rings. The standard InChI is InChI=1S/C11H23N5S/c1-6-9(2)17-10-13-14-15-16(10)8-7-12-11(3,4)5/h9,12H,6-8H2,1-5H3. The van der Waals surface area contributed by atoms with Gasteiger partial charge in [0.25, 0.3) is 0 Å². The summed E-state index contributed by atoms with van der Waals surface area (Å²) >= 11 is 1.73. The summed E-state index contributed by atoms with van der Waals surface area (Å²) in [7, 11) is 0. The van der Waals surface area contributed by atoms with E-state index in [0.29, 0.717) is 5.25 Å². The van der Waals surface area contributed by atoms with Crippen molar-refractivity contribution in [3.63, 3.8) is 0 Å². The Hall–Kier alpha value is -0.620. The summed E-state index contributed by atoms with van der Waals surface area (Å²) in [6.07, 6.45) is 1.12. The zero-order valence-corrected chi connectivity index (χ0v) is 12.2. The lowest BCUT2D eigenvalue weighted by Gasteiger charge is -2.20. The molecule has 1 heterocycles. The molecule has 1 aromatic heterocycles. The van der Waals surface area contributed by atoms with Gasteiger partial charge in [0.05, 0.1) is 6.54 Å². The summed E-state index contributed by atoms with van der Waals surface area (Å²) in [5, 5.41) is 16.7. The number of rotatable bonds is 6. The third-order valence-electron chi connectivity index (χ3n) is 2.36. The van der Waals surface area contributed by atoms with Crippen molar-refractivity contribution in [3.05, 3.63) is 0 Å². The Balaban J connectivity index is 2.46. The molecule has 0 aromatic carbocycles. The van der Waals surface area contributed by atoms with E-state index in [4.69, 9.17) is 0 Å². The van der Waals surface area contributed by atoms with E-state index in [1.807, 2.05) is 4.68 Å². The normalized spacial score (nSPS) is 13.9. The molecular weight excluding hydrogens is 234 g/mol. The van der Waals surface area contributed by atoms with Gasteiger partial charge in [-0.25, -0.2) is 4.68 Å². The highest BCUT2D eigenvalue weighted by Crippen LogP contribution is 2.21. The average molecular weight is 257 g/mol. The van der Waals surface area contributed by atoms with E-state index < -0.39 is 0 Å². The second-order valence-electron chi connectivity index (χ2n) is 5.20. The first-order valence-electron chi connectivity index (χ1n) is 6.10. The molecule has 0 aliphatic carbocycles. The monoisotopic (exact) mass is 257 g/mol. The lowest BCUT2D eigenvalue weighted by molar-refractivity contribution is 0.396. The van der Waals surface area contributed by atoms with Crippen molar-refractivity contribution >= 4 is 11.8 Å². The number of thioether (sulfide) groups is 1.